The fourth-order valence-corrected chi connectivity index (χ4v) is 1.69. The van der Waals surface area contributed by atoms with E-state index < -0.39 is 0 Å². The van der Waals surface area contributed by atoms with Gasteiger partial charge in [-0.15, -0.1) is 0 Å². The van der Waals surface area contributed by atoms with Crippen molar-refractivity contribution in [2.45, 2.75) is 12.1 Å². The van der Waals surface area contributed by atoms with Crippen molar-refractivity contribution in [3.05, 3.63) is 29.8 Å². The predicted molar refractivity (Wildman–Crippen MR) is 54.8 cm³/mol. The highest BCUT2D eigenvalue weighted by Gasteiger charge is 2.24. The van der Waals surface area contributed by atoms with Crippen molar-refractivity contribution >= 4 is 0 Å². The lowest BCUT2D eigenvalue weighted by molar-refractivity contribution is 0.414. The lowest BCUT2D eigenvalue weighted by Crippen LogP contribution is -2.38. The second-order valence-corrected chi connectivity index (χ2v) is 3.43. The number of rotatable bonds is 2. The van der Waals surface area contributed by atoms with Crippen molar-refractivity contribution in [1.29, 1.82) is 0 Å². The van der Waals surface area contributed by atoms with Gasteiger partial charge in [0, 0.05) is 12.5 Å². The summed E-state index contributed by atoms with van der Waals surface area (Å²) in [6, 6.07) is 8.02. The van der Waals surface area contributed by atoms with Crippen molar-refractivity contribution in [2.75, 3.05) is 13.7 Å². The van der Waals surface area contributed by atoms with Crippen molar-refractivity contribution in [1.82, 2.24) is 10.9 Å². The van der Waals surface area contributed by atoms with Gasteiger partial charge in [-0.3, -0.25) is 5.43 Å². The van der Waals surface area contributed by atoms with Crippen LogP contribution in [0.1, 0.15) is 11.5 Å². The Labute approximate surface area is 83.4 Å². The molecule has 0 aliphatic carbocycles. The first-order valence-electron chi connectivity index (χ1n) is 4.69. The largest absolute Gasteiger partial charge is 0.497 e. The van der Waals surface area contributed by atoms with E-state index in [0.717, 1.165) is 12.3 Å². The average molecular weight is 193 g/mol. The van der Waals surface area contributed by atoms with Gasteiger partial charge in [0.15, 0.2) is 0 Å². The Hall–Kier alpha value is -1.10. The molecular weight excluding hydrogens is 178 g/mol. The highest BCUT2D eigenvalue weighted by molar-refractivity contribution is 5.30. The second-order valence-electron chi connectivity index (χ2n) is 3.43. The number of ether oxygens (including phenoxy) is 1. The summed E-state index contributed by atoms with van der Waals surface area (Å²) < 4.78 is 5.10. The van der Waals surface area contributed by atoms with E-state index in [1.54, 1.807) is 7.11 Å². The summed E-state index contributed by atoms with van der Waals surface area (Å²) in [4.78, 5) is 0. The molecule has 1 aliphatic heterocycles. The molecule has 4 N–H and O–H groups in total. The Balaban J connectivity index is 2.16. The summed E-state index contributed by atoms with van der Waals surface area (Å²) in [5.41, 5.74) is 13.1. The monoisotopic (exact) mass is 193 g/mol. The first-order chi connectivity index (χ1) is 6.81. The van der Waals surface area contributed by atoms with Gasteiger partial charge < -0.3 is 10.5 Å². The normalized spacial score (nSPS) is 26.4. The number of hydrogen-bond donors (Lipinski definition) is 3. The molecule has 4 nitrogen and oxygen atoms in total. The molecule has 0 saturated carbocycles. The fourth-order valence-electron chi connectivity index (χ4n) is 1.69. The molecule has 0 spiro atoms. The molecule has 1 fully saturated rings. The molecule has 1 saturated heterocycles. The first kappa shape index (κ1) is 9.45. The van der Waals surface area contributed by atoms with E-state index in [2.05, 4.69) is 23.0 Å². The number of hydrazine groups is 1. The molecule has 1 aromatic carbocycles. The van der Waals surface area contributed by atoms with E-state index in [4.69, 9.17) is 10.5 Å². The lowest BCUT2D eigenvalue weighted by atomic mass is 9.98. The van der Waals surface area contributed by atoms with Crippen LogP contribution < -0.4 is 21.3 Å². The highest BCUT2D eigenvalue weighted by Crippen LogP contribution is 2.21. The average Bonchev–Trinajstić information content (AvgIpc) is 2.65. The Morgan fingerprint density at radius 2 is 2.07 bits per heavy atom. The summed E-state index contributed by atoms with van der Waals surface area (Å²) >= 11 is 0. The van der Waals surface area contributed by atoms with E-state index in [9.17, 15) is 0 Å². The van der Waals surface area contributed by atoms with Gasteiger partial charge in [0.2, 0.25) is 0 Å². The molecule has 0 radical (unpaired) electrons. The van der Waals surface area contributed by atoms with Crippen LogP contribution in [0, 0.1) is 0 Å². The van der Waals surface area contributed by atoms with Gasteiger partial charge in [-0.05, 0) is 17.7 Å². The van der Waals surface area contributed by atoms with Crippen LogP contribution in [0.2, 0.25) is 0 Å². The van der Waals surface area contributed by atoms with E-state index in [-0.39, 0.29) is 6.17 Å². The quantitative estimate of drug-likeness (QED) is 0.626. The van der Waals surface area contributed by atoms with Crippen LogP contribution >= 0.6 is 0 Å². The van der Waals surface area contributed by atoms with Crippen LogP contribution in [-0.4, -0.2) is 19.8 Å². The van der Waals surface area contributed by atoms with Gasteiger partial charge in [0.05, 0.1) is 13.3 Å². The maximum Gasteiger partial charge on any atom is 0.118 e. The molecule has 0 bridgehead atoms. The second kappa shape index (κ2) is 3.96. The summed E-state index contributed by atoms with van der Waals surface area (Å²) in [5.74, 6) is 1.21. The molecular formula is C10H15N3O. The predicted octanol–water partition coefficient (Wildman–Crippen LogP) is 0.171. The van der Waals surface area contributed by atoms with Crippen molar-refractivity contribution in [3.63, 3.8) is 0 Å². The molecule has 0 aromatic heterocycles. The minimum atomic E-state index is -0.0107. The SMILES string of the molecule is COc1ccc(C2CNNC2N)cc1. The van der Waals surface area contributed by atoms with Crippen molar-refractivity contribution < 1.29 is 4.74 Å². The zero-order valence-electron chi connectivity index (χ0n) is 8.16. The smallest absolute Gasteiger partial charge is 0.118 e. The summed E-state index contributed by atoms with van der Waals surface area (Å²) in [6.07, 6.45) is -0.0107. The van der Waals surface area contributed by atoms with E-state index >= 15 is 0 Å². The number of methoxy groups -OCH3 is 1. The number of nitrogens with two attached hydrogens (primary N) is 1. The molecule has 2 atom stereocenters. The van der Waals surface area contributed by atoms with Crippen LogP contribution in [0.3, 0.4) is 0 Å². The third kappa shape index (κ3) is 1.72. The Bertz CT molecular complexity index is 299. The van der Waals surface area contributed by atoms with Crippen LogP contribution in [0.5, 0.6) is 5.75 Å². The summed E-state index contributed by atoms with van der Waals surface area (Å²) in [5, 5.41) is 0. The maximum absolute atomic E-state index is 5.88. The van der Waals surface area contributed by atoms with Crippen LogP contribution in [0.25, 0.3) is 0 Å². The molecule has 1 aliphatic rings. The number of nitrogens with one attached hydrogen (secondary N) is 2. The van der Waals surface area contributed by atoms with Gasteiger partial charge >= 0.3 is 0 Å². The molecule has 14 heavy (non-hydrogen) atoms. The Kier molecular flexibility index (Phi) is 2.67. The van der Waals surface area contributed by atoms with Crippen LogP contribution in [0.4, 0.5) is 0 Å². The molecule has 0 amide bonds. The van der Waals surface area contributed by atoms with Gasteiger partial charge in [-0.25, -0.2) is 5.43 Å². The van der Waals surface area contributed by atoms with Crippen molar-refractivity contribution in [2.24, 2.45) is 5.73 Å². The van der Waals surface area contributed by atoms with E-state index in [1.165, 1.54) is 5.56 Å². The maximum atomic E-state index is 5.88. The van der Waals surface area contributed by atoms with Gasteiger partial charge in [-0.1, -0.05) is 12.1 Å². The minimum absolute atomic E-state index is 0.0107. The molecule has 1 aromatic rings. The molecule has 76 valence electrons. The molecule has 1 heterocycles. The van der Waals surface area contributed by atoms with Gasteiger partial charge in [0.1, 0.15) is 5.75 Å². The number of benzene rings is 1. The summed E-state index contributed by atoms with van der Waals surface area (Å²) in [6.45, 7) is 0.869. The van der Waals surface area contributed by atoms with E-state index in [1.807, 2.05) is 12.1 Å². The third-order valence-corrected chi connectivity index (χ3v) is 2.57. The topological polar surface area (TPSA) is 59.3 Å². The molecule has 2 unspecified atom stereocenters. The van der Waals surface area contributed by atoms with E-state index in [0.29, 0.717) is 5.92 Å². The van der Waals surface area contributed by atoms with Crippen LogP contribution in [0.15, 0.2) is 24.3 Å². The molecule has 2 rings (SSSR count). The van der Waals surface area contributed by atoms with Crippen LogP contribution in [-0.2, 0) is 0 Å². The highest BCUT2D eigenvalue weighted by atomic mass is 16.5. The van der Waals surface area contributed by atoms with Crippen molar-refractivity contribution in [3.8, 4) is 5.75 Å². The molecule has 4 heteroatoms. The standard InChI is InChI=1S/C10H15N3O/c1-14-8-4-2-7(3-5-8)9-6-12-13-10(9)11/h2-5,9-10,12-13H,6,11H2,1H3. The van der Waals surface area contributed by atoms with Gasteiger partial charge in [0.25, 0.3) is 0 Å². The van der Waals surface area contributed by atoms with Gasteiger partial charge in [-0.2, -0.15) is 0 Å². The zero-order valence-corrected chi connectivity index (χ0v) is 8.16. The Morgan fingerprint density at radius 3 is 2.57 bits per heavy atom. The fraction of sp³-hybridized carbons (Fsp3) is 0.400. The lowest BCUT2D eigenvalue weighted by Gasteiger charge is -2.14. The zero-order chi connectivity index (χ0) is 9.97. The Morgan fingerprint density at radius 1 is 1.36 bits per heavy atom. The third-order valence-electron chi connectivity index (χ3n) is 2.57. The first-order valence-corrected chi connectivity index (χ1v) is 4.69. The number of hydrogen-bond acceptors (Lipinski definition) is 4. The minimum Gasteiger partial charge on any atom is -0.497 e. The summed E-state index contributed by atoms with van der Waals surface area (Å²) in [7, 11) is 1.67.